The molecular weight excluding hydrogens is 454 g/mol. The zero-order valence-electron chi connectivity index (χ0n) is 20.3. The van der Waals surface area contributed by atoms with Crippen molar-refractivity contribution in [3.8, 4) is 0 Å². The maximum atomic E-state index is 13.4. The van der Waals surface area contributed by atoms with Gasteiger partial charge in [0.15, 0.2) is 0 Å². The highest BCUT2D eigenvalue weighted by molar-refractivity contribution is 7.89. The molecule has 1 N–H and O–H groups in total. The molecule has 2 fully saturated rings. The third-order valence-electron chi connectivity index (χ3n) is 7.13. The molecule has 10 heteroatoms. The molecule has 0 aliphatic carbocycles. The van der Waals surface area contributed by atoms with Gasteiger partial charge < -0.3 is 15.1 Å². The first-order valence-corrected chi connectivity index (χ1v) is 13.9. The van der Waals surface area contributed by atoms with Gasteiger partial charge in [0.05, 0.1) is 16.3 Å². The molecule has 0 bridgehead atoms. The smallest absolute Gasteiger partial charge is 0.250 e. The number of fused-ring (bicyclic) bond motifs is 3. The Morgan fingerprint density at radius 1 is 1.03 bits per heavy atom. The number of likely N-dealkylation sites (tertiary alicyclic amines) is 1. The van der Waals surface area contributed by atoms with Crippen LogP contribution < -0.4 is 15.1 Å². The van der Waals surface area contributed by atoms with Crippen LogP contribution in [0.5, 0.6) is 0 Å². The molecule has 34 heavy (non-hydrogen) atoms. The Labute approximate surface area is 203 Å². The molecule has 3 heterocycles. The SMILES string of the molecule is CN(C)S(=O)(=O)c1ccc2c(c1)N(CC(=O)NCCN1CCCCCC1)C(=O)[C@@H]1CCCCN21. The van der Waals surface area contributed by atoms with Crippen LogP contribution in [-0.4, -0.2) is 88.8 Å². The van der Waals surface area contributed by atoms with Crippen molar-refractivity contribution in [2.24, 2.45) is 0 Å². The van der Waals surface area contributed by atoms with Crippen molar-refractivity contribution in [3.63, 3.8) is 0 Å². The Bertz CT molecular complexity index is 1000. The number of piperidine rings is 1. The predicted octanol–water partition coefficient (Wildman–Crippen LogP) is 1.63. The average Bonchev–Trinajstić information content (AvgIpc) is 3.10. The number of nitrogens with one attached hydrogen (secondary N) is 1. The number of benzene rings is 1. The molecule has 9 nitrogen and oxygen atoms in total. The van der Waals surface area contributed by atoms with Gasteiger partial charge in [-0.25, -0.2) is 12.7 Å². The van der Waals surface area contributed by atoms with Crippen LogP contribution >= 0.6 is 0 Å². The van der Waals surface area contributed by atoms with Gasteiger partial charge in [-0.3, -0.25) is 14.5 Å². The number of hydrogen-bond acceptors (Lipinski definition) is 6. The van der Waals surface area contributed by atoms with E-state index < -0.39 is 10.0 Å². The minimum absolute atomic E-state index is 0.109. The summed E-state index contributed by atoms with van der Waals surface area (Å²) in [5.41, 5.74) is 1.31. The van der Waals surface area contributed by atoms with Crippen LogP contribution in [0, 0.1) is 0 Å². The molecule has 3 aliphatic heterocycles. The van der Waals surface area contributed by atoms with Gasteiger partial charge in [-0.1, -0.05) is 12.8 Å². The molecule has 188 valence electrons. The van der Waals surface area contributed by atoms with Crippen LogP contribution in [0.4, 0.5) is 11.4 Å². The summed E-state index contributed by atoms with van der Waals surface area (Å²) in [5, 5.41) is 2.97. The minimum Gasteiger partial charge on any atom is -0.358 e. The number of sulfonamides is 1. The summed E-state index contributed by atoms with van der Waals surface area (Å²) in [6, 6.07) is 4.61. The number of carbonyl (C=O) groups is 2. The Kier molecular flexibility index (Phi) is 7.79. The van der Waals surface area contributed by atoms with Gasteiger partial charge in [-0.2, -0.15) is 0 Å². The van der Waals surface area contributed by atoms with E-state index in [-0.39, 0.29) is 29.3 Å². The van der Waals surface area contributed by atoms with Crippen LogP contribution in [0.15, 0.2) is 23.1 Å². The molecular formula is C24H37N5O4S. The number of amides is 2. The van der Waals surface area contributed by atoms with Crippen molar-refractivity contribution in [2.75, 3.05) is 63.2 Å². The zero-order chi connectivity index (χ0) is 24.3. The second-order valence-corrected chi connectivity index (χ2v) is 11.8. The van der Waals surface area contributed by atoms with Crippen molar-refractivity contribution in [1.82, 2.24) is 14.5 Å². The summed E-state index contributed by atoms with van der Waals surface area (Å²) >= 11 is 0. The van der Waals surface area contributed by atoms with Crippen molar-refractivity contribution < 1.29 is 18.0 Å². The maximum Gasteiger partial charge on any atom is 0.250 e. The number of rotatable bonds is 7. The van der Waals surface area contributed by atoms with E-state index in [0.29, 0.717) is 12.2 Å². The van der Waals surface area contributed by atoms with Crippen LogP contribution in [0.25, 0.3) is 0 Å². The van der Waals surface area contributed by atoms with Crippen molar-refractivity contribution >= 4 is 33.2 Å². The lowest BCUT2D eigenvalue weighted by Gasteiger charge is -2.45. The number of anilines is 2. The molecule has 0 aromatic heterocycles. The summed E-state index contributed by atoms with van der Waals surface area (Å²) in [6.45, 7) is 4.11. The highest BCUT2D eigenvalue weighted by Crippen LogP contribution is 2.40. The molecule has 4 rings (SSSR count). The summed E-state index contributed by atoms with van der Waals surface area (Å²) in [7, 11) is -0.703. The number of nitrogens with zero attached hydrogens (tertiary/aromatic N) is 4. The van der Waals surface area contributed by atoms with E-state index in [4.69, 9.17) is 0 Å². The maximum absolute atomic E-state index is 13.4. The summed E-state index contributed by atoms with van der Waals surface area (Å²) in [4.78, 5) is 32.4. The van der Waals surface area contributed by atoms with Crippen LogP contribution in [0.2, 0.25) is 0 Å². The molecule has 1 aromatic carbocycles. The molecule has 0 radical (unpaired) electrons. The van der Waals surface area contributed by atoms with Crippen molar-refractivity contribution in [2.45, 2.75) is 55.9 Å². The van der Waals surface area contributed by atoms with E-state index in [1.165, 1.54) is 50.7 Å². The first-order chi connectivity index (χ1) is 16.3. The molecule has 0 saturated carbocycles. The second-order valence-electron chi connectivity index (χ2n) is 9.67. The van der Waals surface area contributed by atoms with E-state index in [1.54, 1.807) is 12.1 Å². The molecule has 1 atom stereocenters. The van der Waals surface area contributed by atoms with E-state index in [0.717, 1.165) is 55.4 Å². The number of hydrogen-bond donors (Lipinski definition) is 1. The third kappa shape index (κ3) is 5.23. The summed E-state index contributed by atoms with van der Waals surface area (Å²) < 4.78 is 26.7. The lowest BCUT2D eigenvalue weighted by molar-refractivity contribution is -0.125. The Balaban J connectivity index is 1.52. The van der Waals surface area contributed by atoms with Gasteiger partial charge in [0.1, 0.15) is 12.6 Å². The van der Waals surface area contributed by atoms with Gasteiger partial charge in [0.25, 0.3) is 0 Å². The molecule has 3 aliphatic rings. The first-order valence-electron chi connectivity index (χ1n) is 12.4. The van der Waals surface area contributed by atoms with E-state index in [1.807, 2.05) is 0 Å². The topological polar surface area (TPSA) is 93.3 Å². The fourth-order valence-electron chi connectivity index (χ4n) is 5.18. The Morgan fingerprint density at radius 3 is 2.44 bits per heavy atom. The van der Waals surface area contributed by atoms with Crippen LogP contribution in [0.1, 0.15) is 44.9 Å². The molecule has 1 aromatic rings. The summed E-state index contributed by atoms with van der Waals surface area (Å²) in [6.07, 6.45) is 7.62. The van der Waals surface area contributed by atoms with Gasteiger partial charge in [-0.05, 0) is 63.4 Å². The molecule has 2 amide bonds. The third-order valence-corrected chi connectivity index (χ3v) is 8.94. The highest BCUT2D eigenvalue weighted by Gasteiger charge is 2.40. The predicted molar refractivity (Wildman–Crippen MR) is 133 cm³/mol. The molecule has 0 spiro atoms. The standard InChI is InChI=1S/C24H37N5O4S/c1-26(2)34(32,33)19-10-11-20-22(17-19)29(24(31)21-9-5-8-15-28(20)21)18-23(30)25-12-16-27-13-6-3-4-7-14-27/h10-11,17,21H,3-9,12-16,18H2,1-2H3,(H,25,30)/t21-/m0/s1. The summed E-state index contributed by atoms with van der Waals surface area (Å²) in [5.74, 6) is -0.353. The quantitative estimate of drug-likeness (QED) is 0.623. The van der Waals surface area contributed by atoms with Crippen LogP contribution in [-0.2, 0) is 19.6 Å². The van der Waals surface area contributed by atoms with Gasteiger partial charge >= 0.3 is 0 Å². The highest BCUT2D eigenvalue weighted by atomic mass is 32.2. The second kappa shape index (κ2) is 10.6. The van der Waals surface area contributed by atoms with Gasteiger partial charge in [0.2, 0.25) is 21.8 Å². The monoisotopic (exact) mass is 491 g/mol. The number of carbonyl (C=O) groups excluding carboxylic acids is 2. The van der Waals surface area contributed by atoms with E-state index >= 15 is 0 Å². The van der Waals surface area contributed by atoms with Gasteiger partial charge in [0, 0.05) is 33.7 Å². The first kappa shape index (κ1) is 24.9. The average molecular weight is 492 g/mol. The van der Waals surface area contributed by atoms with Crippen LogP contribution in [0.3, 0.4) is 0 Å². The fraction of sp³-hybridized carbons (Fsp3) is 0.667. The zero-order valence-corrected chi connectivity index (χ0v) is 21.1. The Morgan fingerprint density at radius 2 is 1.74 bits per heavy atom. The molecule has 2 saturated heterocycles. The molecule has 0 unspecified atom stereocenters. The largest absolute Gasteiger partial charge is 0.358 e. The van der Waals surface area contributed by atoms with E-state index in [9.17, 15) is 18.0 Å². The lowest BCUT2D eigenvalue weighted by atomic mass is 9.96. The minimum atomic E-state index is -3.67. The van der Waals surface area contributed by atoms with Gasteiger partial charge in [-0.15, -0.1) is 0 Å². The normalized spacial score (nSPS) is 21.7. The van der Waals surface area contributed by atoms with E-state index in [2.05, 4.69) is 15.1 Å². The van der Waals surface area contributed by atoms with Crippen molar-refractivity contribution in [3.05, 3.63) is 18.2 Å². The lowest BCUT2D eigenvalue weighted by Crippen LogP contribution is -2.57. The van der Waals surface area contributed by atoms with Crippen molar-refractivity contribution in [1.29, 1.82) is 0 Å². The Hall–Kier alpha value is -2.17. The fourth-order valence-corrected chi connectivity index (χ4v) is 6.11.